The van der Waals surface area contributed by atoms with Gasteiger partial charge in [0, 0.05) is 23.6 Å². The van der Waals surface area contributed by atoms with Crippen LogP contribution in [0.3, 0.4) is 0 Å². The van der Waals surface area contributed by atoms with Gasteiger partial charge in [-0.05, 0) is 56.5 Å². The number of aromatic nitrogens is 1. The molecule has 4 heteroatoms. The number of rotatable bonds is 5. The molecule has 0 spiro atoms. The Bertz CT molecular complexity index is 822. The van der Waals surface area contributed by atoms with Gasteiger partial charge in [-0.25, -0.2) is 0 Å². The van der Waals surface area contributed by atoms with E-state index in [9.17, 15) is 10.1 Å². The van der Waals surface area contributed by atoms with Gasteiger partial charge in [0.1, 0.15) is 11.6 Å². The molecule has 0 fully saturated rings. The Labute approximate surface area is 143 Å². The molecule has 0 saturated heterocycles. The third-order valence-corrected chi connectivity index (χ3v) is 4.12. The Hall–Kier alpha value is -2.80. The van der Waals surface area contributed by atoms with Crippen LogP contribution in [0.5, 0.6) is 0 Å². The summed E-state index contributed by atoms with van der Waals surface area (Å²) in [7, 11) is 0. The number of carbonyl (C=O) groups excluding carboxylic acids is 1. The predicted octanol–water partition coefficient (Wildman–Crippen LogP) is 4.37. The molecule has 1 aromatic carbocycles. The zero-order chi connectivity index (χ0) is 17.7. The van der Waals surface area contributed by atoms with Crippen LogP contribution >= 0.6 is 0 Å². The second-order valence-corrected chi connectivity index (χ2v) is 5.92. The smallest absolute Gasteiger partial charge is 0.266 e. The first-order valence-corrected chi connectivity index (χ1v) is 8.13. The van der Waals surface area contributed by atoms with Crippen LogP contribution < -0.4 is 5.32 Å². The van der Waals surface area contributed by atoms with E-state index in [1.54, 1.807) is 6.08 Å². The topological polar surface area (TPSA) is 57.8 Å². The van der Waals surface area contributed by atoms with E-state index in [2.05, 4.69) is 16.8 Å². The van der Waals surface area contributed by atoms with Gasteiger partial charge in [0.2, 0.25) is 0 Å². The molecule has 0 unspecified atom stereocenters. The summed E-state index contributed by atoms with van der Waals surface area (Å²) in [6.07, 6.45) is 2.71. The molecule has 4 nitrogen and oxygen atoms in total. The van der Waals surface area contributed by atoms with Crippen molar-refractivity contribution in [1.82, 2.24) is 4.57 Å². The number of aryl methyl sites for hydroxylation is 2. The number of nitrogens with zero attached hydrogens (tertiary/aromatic N) is 2. The summed E-state index contributed by atoms with van der Waals surface area (Å²) in [5.74, 6) is -0.382. The summed E-state index contributed by atoms with van der Waals surface area (Å²) in [6, 6.07) is 11.6. The van der Waals surface area contributed by atoms with Crippen LogP contribution in [0.1, 0.15) is 35.9 Å². The van der Waals surface area contributed by atoms with E-state index in [0.717, 1.165) is 41.2 Å². The molecule has 124 valence electrons. The molecular weight excluding hydrogens is 298 g/mol. The Morgan fingerprint density at radius 2 is 2.00 bits per heavy atom. The first-order chi connectivity index (χ1) is 11.5. The molecule has 0 aliphatic rings. The van der Waals surface area contributed by atoms with Gasteiger partial charge in [0.15, 0.2) is 0 Å². The number of hydrogen-bond donors (Lipinski definition) is 1. The van der Waals surface area contributed by atoms with Gasteiger partial charge in [0.05, 0.1) is 0 Å². The molecule has 0 saturated carbocycles. The van der Waals surface area contributed by atoms with Gasteiger partial charge in [-0.3, -0.25) is 4.79 Å². The van der Waals surface area contributed by atoms with Crippen LogP contribution in [-0.2, 0) is 11.3 Å². The molecule has 1 aromatic heterocycles. The largest absolute Gasteiger partial charge is 0.349 e. The van der Waals surface area contributed by atoms with Gasteiger partial charge < -0.3 is 9.88 Å². The number of para-hydroxylation sites is 1. The van der Waals surface area contributed by atoms with Crippen molar-refractivity contribution >= 4 is 17.7 Å². The third-order valence-electron chi connectivity index (χ3n) is 4.12. The van der Waals surface area contributed by atoms with Crippen LogP contribution in [0.4, 0.5) is 5.69 Å². The van der Waals surface area contributed by atoms with Crippen molar-refractivity contribution in [3.05, 3.63) is 58.4 Å². The fourth-order valence-corrected chi connectivity index (χ4v) is 2.75. The van der Waals surface area contributed by atoms with Crippen LogP contribution in [0.2, 0.25) is 0 Å². The van der Waals surface area contributed by atoms with Crippen molar-refractivity contribution in [3.63, 3.8) is 0 Å². The quantitative estimate of drug-likeness (QED) is 0.656. The van der Waals surface area contributed by atoms with Crippen molar-refractivity contribution in [1.29, 1.82) is 5.26 Å². The van der Waals surface area contributed by atoms with Gasteiger partial charge in [-0.2, -0.15) is 5.26 Å². The minimum atomic E-state index is -0.382. The SMILES string of the molecule is CCCn1c(C)cc(/C=C(\C#N)C(=O)Nc2ccccc2C)c1C. The Morgan fingerprint density at radius 1 is 1.29 bits per heavy atom. The second-order valence-electron chi connectivity index (χ2n) is 5.92. The maximum absolute atomic E-state index is 12.4. The van der Waals surface area contributed by atoms with Crippen molar-refractivity contribution in [2.24, 2.45) is 0 Å². The maximum Gasteiger partial charge on any atom is 0.266 e. The highest BCUT2D eigenvalue weighted by Crippen LogP contribution is 2.20. The predicted molar refractivity (Wildman–Crippen MR) is 97.6 cm³/mol. The number of anilines is 1. The maximum atomic E-state index is 12.4. The van der Waals surface area contributed by atoms with Gasteiger partial charge in [0.25, 0.3) is 5.91 Å². The van der Waals surface area contributed by atoms with Crippen molar-refractivity contribution in [2.45, 2.75) is 40.7 Å². The molecule has 2 rings (SSSR count). The van der Waals surface area contributed by atoms with E-state index in [4.69, 9.17) is 0 Å². The van der Waals surface area contributed by atoms with E-state index >= 15 is 0 Å². The monoisotopic (exact) mass is 321 g/mol. The number of amides is 1. The Morgan fingerprint density at radius 3 is 2.62 bits per heavy atom. The first kappa shape index (κ1) is 17.6. The molecular formula is C20H23N3O. The molecule has 0 radical (unpaired) electrons. The summed E-state index contributed by atoms with van der Waals surface area (Å²) < 4.78 is 2.21. The molecule has 0 aliphatic heterocycles. The van der Waals surface area contributed by atoms with Gasteiger partial charge >= 0.3 is 0 Å². The lowest BCUT2D eigenvalue weighted by Gasteiger charge is -2.08. The molecule has 24 heavy (non-hydrogen) atoms. The first-order valence-electron chi connectivity index (χ1n) is 8.13. The lowest BCUT2D eigenvalue weighted by Crippen LogP contribution is -2.14. The second kappa shape index (κ2) is 7.65. The van der Waals surface area contributed by atoms with Crippen molar-refractivity contribution in [3.8, 4) is 6.07 Å². The van der Waals surface area contributed by atoms with Crippen molar-refractivity contribution in [2.75, 3.05) is 5.32 Å². The highest BCUT2D eigenvalue weighted by Gasteiger charge is 2.13. The number of carbonyl (C=O) groups is 1. The number of nitriles is 1. The zero-order valence-corrected chi connectivity index (χ0v) is 14.7. The number of hydrogen-bond acceptors (Lipinski definition) is 2. The lowest BCUT2D eigenvalue weighted by molar-refractivity contribution is -0.112. The lowest BCUT2D eigenvalue weighted by atomic mass is 10.1. The number of benzene rings is 1. The molecule has 2 aromatic rings. The Balaban J connectivity index is 2.30. The summed E-state index contributed by atoms with van der Waals surface area (Å²) in [5.41, 5.74) is 4.92. The van der Waals surface area contributed by atoms with Crippen molar-refractivity contribution < 1.29 is 4.79 Å². The summed E-state index contributed by atoms with van der Waals surface area (Å²) in [6.45, 7) is 9.04. The molecule has 1 amide bonds. The normalized spacial score (nSPS) is 11.2. The van der Waals surface area contributed by atoms with Crippen LogP contribution in [0.25, 0.3) is 6.08 Å². The summed E-state index contributed by atoms with van der Waals surface area (Å²) in [4.78, 5) is 12.4. The minimum Gasteiger partial charge on any atom is -0.349 e. The highest BCUT2D eigenvalue weighted by atomic mass is 16.1. The molecule has 0 aliphatic carbocycles. The summed E-state index contributed by atoms with van der Waals surface area (Å²) >= 11 is 0. The van der Waals surface area contributed by atoms with Crippen LogP contribution in [0, 0.1) is 32.1 Å². The Kier molecular flexibility index (Phi) is 5.59. The molecule has 1 N–H and O–H groups in total. The molecule has 1 heterocycles. The fraction of sp³-hybridized carbons (Fsp3) is 0.300. The highest BCUT2D eigenvalue weighted by molar-refractivity contribution is 6.10. The van der Waals surface area contributed by atoms with Gasteiger partial charge in [-0.15, -0.1) is 0 Å². The van der Waals surface area contributed by atoms with E-state index in [1.165, 1.54) is 0 Å². The zero-order valence-electron chi connectivity index (χ0n) is 14.7. The minimum absolute atomic E-state index is 0.106. The molecule has 0 atom stereocenters. The average Bonchev–Trinajstić information content (AvgIpc) is 2.82. The van der Waals surface area contributed by atoms with E-state index < -0.39 is 0 Å². The van der Waals surface area contributed by atoms with Crippen LogP contribution in [0.15, 0.2) is 35.9 Å². The third kappa shape index (κ3) is 3.75. The number of nitrogens with one attached hydrogen (secondary N) is 1. The average molecular weight is 321 g/mol. The fourth-order valence-electron chi connectivity index (χ4n) is 2.75. The van der Waals surface area contributed by atoms with E-state index in [-0.39, 0.29) is 11.5 Å². The van der Waals surface area contributed by atoms with Gasteiger partial charge in [-0.1, -0.05) is 25.1 Å². The van der Waals surface area contributed by atoms with Crippen LogP contribution in [-0.4, -0.2) is 10.5 Å². The standard InChI is InChI=1S/C20H23N3O/c1-5-10-23-15(3)11-17(16(23)4)12-18(13-21)20(24)22-19-9-7-6-8-14(19)2/h6-9,11-12H,5,10H2,1-4H3,(H,22,24)/b18-12+. The van der Waals surface area contributed by atoms with E-state index in [1.807, 2.05) is 57.2 Å². The molecule has 0 bridgehead atoms. The summed E-state index contributed by atoms with van der Waals surface area (Å²) in [5, 5.41) is 12.2. The van der Waals surface area contributed by atoms with E-state index in [0.29, 0.717) is 0 Å².